The average Bonchev–Trinajstić information content (AvgIpc) is 2.59. The maximum Gasteiger partial charge on any atom is 0.265 e. The standard InChI is InChI=1S/C18H18Cl2N2O3/c1-10-13(18(24)21-3)5-4-6-16(10)22-17(23)11(2)25-12-7-8-14(19)15(20)9-12/h4-9,11H,1-3H3,(H,21,24)(H,22,23). The zero-order chi connectivity index (χ0) is 18.6. The highest BCUT2D eigenvalue weighted by Crippen LogP contribution is 2.27. The van der Waals surface area contributed by atoms with Crippen LogP contribution >= 0.6 is 23.2 Å². The highest BCUT2D eigenvalue weighted by Gasteiger charge is 2.18. The van der Waals surface area contributed by atoms with Gasteiger partial charge in [-0.15, -0.1) is 0 Å². The van der Waals surface area contributed by atoms with Gasteiger partial charge in [-0.05, 0) is 43.7 Å². The van der Waals surface area contributed by atoms with E-state index < -0.39 is 6.10 Å². The van der Waals surface area contributed by atoms with Gasteiger partial charge in [0, 0.05) is 24.4 Å². The summed E-state index contributed by atoms with van der Waals surface area (Å²) in [5.41, 5.74) is 1.73. The molecule has 25 heavy (non-hydrogen) atoms. The van der Waals surface area contributed by atoms with Crippen LogP contribution in [-0.4, -0.2) is 25.0 Å². The number of hydrogen-bond donors (Lipinski definition) is 2. The number of benzene rings is 2. The summed E-state index contributed by atoms with van der Waals surface area (Å²) in [6.45, 7) is 3.39. The molecule has 0 saturated carbocycles. The van der Waals surface area contributed by atoms with Crippen molar-refractivity contribution in [1.82, 2.24) is 5.32 Å². The van der Waals surface area contributed by atoms with Crippen molar-refractivity contribution < 1.29 is 14.3 Å². The molecule has 7 heteroatoms. The molecule has 0 aliphatic rings. The molecule has 0 radical (unpaired) electrons. The summed E-state index contributed by atoms with van der Waals surface area (Å²) in [6.07, 6.45) is -0.764. The minimum atomic E-state index is -0.764. The molecule has 2 rings (SSSR count). The number of anilines is 1. The predicted molar refractivity (Wildman–Crippen MR) is 99.8 cm³/mol. The molecule has 0 bridgehead atoms. The maximum absolute atomic E-state index is 12.4. The molecule has 2 N–H and O–H groups in total. The lowest BCUT2D eigenvalue weighted by Crippen LogP contribution is -2.30. The molecule has 0 saturated heterocycles. The molecule has 0 aliphatic carbocycles. The Hall–Kier alpha value is -2.24. The van der Waals surface area contributed by atoms with Gasteiger partial charge in [0.2, 0.25) is 0 Å². The summed E-state index contributed by atoms with van der Waals surface area (Å²) in [4.78, 5) is 24.2. The number of amides is 2. The topological polar surface area (TPSA) is 67.4 Å². The summed E-state index contributed by atoms with van der Waals surface area (Å²) in [5, 5.41) is 6.10. The fourth-order valence-electron chi connectivity index (χ4n) is 2.19. The average molecular weight is 381 g/mol. The Bertz CT molecular complexity index is 809. The lowest BCUT2D eigenvalue weighted by molar-refractivity contribution is -0.122. The van der Waals surface area contributed by atoms with Crippen molar-refractivity contribution in [2.75, 3.05) is 12.4 Å². The molecular weight excluding hydrogens is 363 g/mol. The molecule has 1 unspecified atom stereocenters. The Morgan fingerprint density at radius 2 is 1.84 bits per heavy atom. The van der Waals surface area contributed by atoms with Gasteiger partial charge in [-0.3, -0.25) is 9.59 Å². The van der Waals surface area contributed by atoms with Gasteiger partial charge in [0.15, 0.2) is 6.10 Å². The normalized spacial score (nSPS) is 11.6. The first kappa shape index (κ1) is 19.1. The van der Waals surface area contributed by atoms with Gasteiger partial charge in [0.1, 0.15) is 5.75 Å². The second-order valence-corrected chi connectivity index (χ2v) is 6.20. The van der Waals surface area contributed by atoms with Crippen molar-refractivity contribution in [2.24, 2.45) is 0 Å². The molecule has 132 valence electrons. The maximum atomic E-state index is 12.4. The van der Waals surface area contributed by atoms with Gasteiger partial charge in [-0.1, -0.05) is 29.3 Å². The minimum absolute atomic E-state index is 0.214. The van der Waals surface area contributed by atoms with Crippen molar-refractivity contribution in [3.8, 4) is 5.75 Å². The van der Waals surface area contributed by atoms with Gasteiger partial charge >= 0.3 is 0 Å². The van der Waals surface area contributed by atoms with Gasteiger partial charge in [-0.25, -0.2) is 0 Å². The molecule has 0 aliphatic heterocycles. The Kier molecular flexibility index (Phi) is 6.28. The van der Waals surface area contributed by atoms with Crippen LogP contribution < -0.4 is 15.4 Å². The van der Waals surface area contributed by atoms with Crippen LogP contribution in [0, 0.1) is 6.92 Å². The quantitative estimate of drug-likeness (QED) is 0.821. The SMILES string of the molecule is CNC(=O)c1cccc(NC(=O)C(C)Oc2ccc(Cl)c(Cl)c2)c1C. The first-order valence-corrected chi connectivity index (χ1v) is 8.33. The van der Waals surface area contributed by atoms with E-state index in [1.54, 1.807) is 57.3 Å². The highest BCUT2D eigenvalue weighted by molar-refractivity contribution is 6.42. The van der Waals surface area contributed by atoms with E-state index in [1.165, 1.54) is 0 Å². The second kappa shape index (κ2) is 8.23. The Balaban J connectivity index is 2.11. The lowest BCUT2D eigenvalue weighted by atomic mass is 10.1. The third-order valence-electron chi connectivity index (χ3n) is 3.64. The predicted octanol–water partition coefficient (Wildman–Crippen LogP) is 4.07. The van der Waals surface area contributed by atoms with Crippen molar-refractivity contribution >= 4 is 40.7 Å². The summed E-state index contributed by atoms with van der Waals surface area (Å²) < 4.78 is 5.59. The molecule has 1 atom stereocenters. The van der Waals surface area contributed by atoms with Gasteiger partial charge in [-0.2, -0.15) is 0 Å². The minimum Gasteiger partial charge on any atom is -0.481 e. The third-order valence-corrected chi connectivity index (χ3v) is 4.38. The van der Waals surface area contributed by atoms with Crippen LogP contribution in [0.1, 0.15) is 22.8 Å². The lowest BCUT2D eigenvalue weighted by Gasteiger charge is -2.17. The van der Waals surface area contributed by atoms with Gasteiger partial charge in [0.05, 0.1) is 10.0 Å². The van der Waals surface area contributed by atoms with E-state index in [9.17, 15) is 9.59 Å². The van der Waals surface area contributed by atoms with E-state index in [0.29, 0.717) is 32.6 Å². The smallest absolute Gasteiger partial charge is 0.265 e. The number of carbonyl (C=O) groups is 2. The number of ether oxygens (including phenoxy) is 1. The van der Waals surface area contributed by atoms with E-state index in [4.69, 9.17) is 27.9 Å². The third kappa shape index (κ3) is 4.65. The zero-order valence-electron chi connectivity index (χ0n) is 14.0. The van der Waals surface area contributed by atoms with Gasteiger partial charge < -0.3 is 15.4 Å². The molecular formula is C18H18Cl2N2O3. The highest BCUT2D eigenvalue weighted by atomic mass is 35.5. The molecule has 0 heterocycles. The van der Waals surface area contributed by atoms with Crippen molar-refractivity contribution in [3.63, 3.8) is 0 Å². The van der Waals surface area contributed by atoms with Crippen LogP contribution in [0.25, 0.3) is 0 Å². The first-order valence-electron chi connectivity index (χ1n) is 7.57. The van der Waals surface area contributed by atoms with E-state index in [2.05, 4.69) is 10.6 Å². The van der Waals surface area contributed by atoms with E-state index >= 15 is 0 Å². The molecule has 2 amide bonds. The van der Waals surface area contributed by atoms with Crippen LogP contribution in [0.5, 0.6) is 5.75 Å². The number of rotatable bonds is 5. The Morgan fingerprint density at radius 1 is 1.12 bits per heavy atom. The second-order valence-electron chi connectivity index (χ2n) is 5.38. The summed E-state index contributed by atoms with van der Waals surface area (Å²) in [7, 11) is 1.56. The first-order chi connectivity index (χ1) is 11.8. The van der Waals surface area contributed by atoms with Crippen LogP contribution in [0.4, 0.5) is 5.69 Å². The van der Waals surface area contributed by atoms with Crippen LogP contribution in [0.2, 0.25) is 10.0 Å². The number of carbonyl (C=O) groups excluding carboxylic acids is 2. The van der Waals surface area contributed by atoms with Gasteiger partial charge in [0.25, 0.3) is 11.8 Å². The Morgan fingerprint density at radius 3 is 2.48 bits per heavy atom. The van der Waals surface area contributed by atoms with E-state index in [-0.39, 0.29) is 11.8 Å². The fraction of sp³-hybridized carbons (Fsp3) is 0.222. The monoisotopic (exact) mass is 380 g/mol. The number of halogens is 2. The summed E-state index contributed by atoms with van der Waals surface area (Å²) in [5.74, 6) is -0.121. The molecule has 0 spiro atoms. The zero-order valence-corrected chi connectivity index (χ0v) is 15.5. The fourth-order valence-corrected chi connectivity index (χ4v) is 2.48. The molecule has 2 aromatic carbocycles. The Labute approximate surface area is 156 Å². The number of nitrogens with one attached hydrogen (secondary N) is 2. The largest absolute Gasteiger partial charge is 0.481 e. The van der Waals surface area contributed by atoms with E-state index in [0.717, 1.165) is 0 Å². The van der Waals surface area contributed by atoms with Crippen molar-refractivity contribution in [2.45, 2.75) is 20.0 Å². The molecule has 0 fully saturated rings. The molecule has 5 nitrogen and oxygen atoms in total. The molecule has 0 aromatic heterocycles. The van der Waals surface area contributed by atoms with Crippen molar-refractivity contribution in [3.05, 3.63) is 57.6 Å². The number of hydrogen-bond acceptors (Lipinski definition) is 3. The van der Waals surface area contributed by atoms with Crippen LogP contribution in [0.15, 0.2) is 36.4 Å². The van der Waals surface area contributed by atoms with E-state index in [1.807, 2.05) is 0 Å². The van der Waals surface area contributed by atoms with Crippen molar-refractivity contribution in [1.29, 1.82) is 0 Å². The molecule has 2 aromatic rings. The van der Waals surface area contributed by atoms with Crippen LogP contribution in [0.3, 0.4) is 0 Å². The summed E-state index contributed by atoms with van der Waals surface area (Å²) in [6, 6.07) is 9.91. The van der Waals surface area contributed by atoms with Crippen LogP contribution in [-0.2, 0) is 4.79 Å². The summed E-state index contributed by atoms with van der Waals surface area (Å²) >= 11 is 11.8.